The SMILES string of the molecule is CO/C=C(C(=O)OC)/C(=C\C=C/c1ccc2c(c1)OC(C)(C)C(OCC=C(C)C)CO2)CO. The van der Waals surface area contributed by atoms with E-state index in [2.05, 4.69) is 0 Å². The lowest BCUT2D eigenvalue weighted by Gasteiger charge is -2.31. The molecule has 180 valence electrons. The molecular formula is C26H34O7. The van der Waals surface area contributed by atoms with Crippen LogP contribution < -0.4 is 9.47 Å². The van der Waals surface area contributed by atoms with Crippen molar-refractivity contribution < 1.29 is 33.6 Å². The van der Waals surface area contributed by atoms with Gasteiger partial charge in [0.2, 0.25) is 0 Å². The van der Waals surface area contributed by atoms with E-state index in [1.54, 1.807) is 12.2 Å². The molecule has 0 amide bonds. The first-order valence-corrected chi connectivity index (χ1v) is 10.7. The Bertz CT molecular complexity index is 934. The van der Waals surface area contributed by atoms with Gasteiger partial charge < -0.3 is 28.8 Å². The van der Waals surface area contributed by atoms with E-state index in [1.165, 1.54) is 26.1 Å². The second kappa shape index (κ2) is 12.3. The molecule has 7 nitrogen and oxygen atoms in total. The van der Waals surface area contributed by atoms with Crippen LogP contribution in [-0.4, -0.2) is 56.8 Å². The van der Waals surface area contributed by atoms with Crippen LogP contribution in [0, 0.1) is 0 Å². The molecule has 1 aromatic carbocycles. The van der Waals surface area contributed by atoms with Gasteiger partial charge in [0.1, 0.15) is 18.3 Å². The van der Waals surface area contributed by atoms with Gasteiger partial charge in [-0.1, -0.05) is 35.9 Å². The lowest BCUT2D eigenvalue weighted by molar-refractivity contribution is -0.136. The van der Waals surface area contributed by atoms with E-state index >= 15 is 0 Å². The number of allylic oxidation sites excluding steroid dienone is 3. The Morgan fingerprint density at radius 3 is 2.64 bits per heavy atom. The number of carbonyl (C=O) groups is 1. The quantitative estimate of drug-likeness (QED) is 0.195. The number of methoxy groups -OCH3 is 2. The summed E-state index contributed by atoms with van der Waals surface area (Å²) in [4.78, 5) is 11.9. The van der Waals surface area contributed by atoms with E-state index in [1.807, 2.05) is 58.0 Å². The van der Waals surface area contributed by atoms with Crippen molar-refractivity contribution in [2.75, 3.05) is 34.0 Å². The zero-order valence-electron chi connectivity index (χ0n) is 20.2. The molecule has 2 rings (SSSR count). The van der Waals surface area contributed by atoms with Crippen LogP contribution in [-0.2, 0) is 19.0 Å². The maximum Gasteiger partial charge on any atom is 0.341 e. The number of fused-ring (bicyclic) bond motifs is 1. The summed E-state index contributed by atoms with van der Waals surface area (Å²) >= 11 is 0. The predicted molar refractivity (Wildman–Crippen MR) is 127 cm³/mol. The molecule has 1 unspecified atom stereocenters. The van der Waals surface area contributed by atoms with Gasteiger partial charge in [0.05, 0.1) is 39.3 Å². The van der Waals surface area contributed by atoms with Gasteiger partial charge in [-0.05, 0) is 51.0 Å². The van der Waals surface area contributed by atoms with E-state index in [9.17, 15) is 9.90 Å². The standard InChI is InChI=1S/C26H34O7/c1-18(2)12-13-31-24-17-32-22-11-10-19(14-23(22)33-26(24,3)4)8-7-9-20(15-27)21(16-29-5)25(28)30-6/h7-12,14,16,24,27H,13,15,17H2,1-6H3/b8-7-,20-9-,21-16-. The Balaban J connectivity index is 2.20. The molecule has 1 aromatic rings. The highest BCUT2D eigenvalue weighted by Gasteiger charge is 2.36. The Kier molecular flexibility index (Phi) is 9.75. The summed E-state index contributed by atoms with van der Waals surface area (Å²) in [5.41, 5.74) is 1.98. The van der Waals surface area contributed by atoms with Crippen LogP contribution in [0.5, 0.6) is 11.5 Å². The van der Waals surface area contributed by atoms with Gasteiger partial charge >= 0.3 is 5.97 Å². The van der Waals surface area contributed by atoms with Crippen LogP contribution in [0.4, 0.5) is 0 Å². The summed E-state index contributed by atoms with van der Waals surface area (Å²) in [6, 6.07) is 5.63. The third-order valence-corrected chi connectivity index (χ3v) is 5.04. The summed E-state index contributed by atoms with van der Waals surface area (Å²) in [5.74, 6) is 0.678. The number of rotatable bonds is 9. The first kappa shape index (κ1) is 26.2. The summed E-state index contributed by atoms with van der Waals surface area (Å²) in [6.07, 6.45) is 8.22. The van der Waals surface area contributed by atoms with Gasteiger partial charge in [0.25, 0.3) is 0 Å². The normalized spacial score (nSPS) is 18.0. The predicted octanol–water partition coefficient (Wildman–Crippen LogP) is 4.22. The zero-order valence-corrected chi connectivity index (χ0v) is 20.2. The third kappa shape index (κ3) is 7.51. The number of ether oxygens (including phenoxy) is 5. The fourth-order valence-corrected chi connectivity index (χ4v) is 3.11. The molecule has 0 saturated carbocycles. The molecule has 0 radical (unpaired) electrons. The minimum Gasteiger partial charge on any atom is -0.503 e. The number of carbonyl (C=O) groups excluding carboxylic acids is 1. The highest BCUT2D eigenvalue weighted by atomic mass is 16.6. The Morgan fingerprint density at radius 2 is 2.00 bits per heavy atom. The topological polar surface area (TPSA) is 83.5 Å². The molecule has 0 aliphatic carbocycles. The molecule has 33 heavy (non-hydrogen) atoms. The average molecular weight is 459 g/mol. The highest BCUT2D eigenvalue weighted by molar-refractivity contribution is 5.93. The molecule has 1 aliphatic rings. The number of hydrogen-bond acceptors (Lipinski definition) is 7. The van der Waals surface area contributed by atoms with Crippen LogP contribution in [0.1, 0.15) is 33.3 Å². The molecule has 1 N–H and O–H groups in total. The molecule has 0 saturated heterocycles. The molecule has 0 bridgehead atoms. The van der Waals surface area contributed by atoms with Crippen LogP contribution in [0.15, 0.2) is 59.4 Å². The molecular weight excluding hydrogens is 424 g/mol. The number of esters is 1. The molecule has 1 atom stereocenters. The van der Waals surface area contributed by atoms with Crippen molar-refractivity contribution in [3.05, 3.63) is 65.0 Å². The fourth-order valence-electron chi connectivity index (χ4n) is 3.11. The van der Waals surface area contributed by atoms with E-state index in [-0.39, 0.29) is 18.3 Å². The second-order valence-electron chi connectivity index (χ2n) is 8.29. The molecule has 0 fully saturated rings. The van der Waals surface area contributed by atoms with Crippen LogP contribution >= 0.6 is 0 Å². The van der Waals surface area contributed by atoms with Crippen molar-refractivity contribution in [1.82, 2.24) is 0 Å². The van der Waals surface area contributed by atoms with E-state index in [0.717, 1.165) is 5.56 Å². The van der Waals surface area contributed by atoms with E-state index in [4.69, 9.17) is 23.7 Å². The maximum absolute atomic E-state index is 11.9. The third-order valence-electron chi connectivity index (χ3n) is 5.04. The Morgan fingerprint density at radius 1 is 1.24 bits per heavy atom. The smallest absolute Gasteiger partial charge is 0.341 e. The lowest BCUT2D eigenvalue weighted by Crippen LogP contribution is -2.45. The van der Waals surface area contributed by atoms with Crippen molar-refractivity contribution in [2.45, 2.75) is 39.4 Å². The van der Waals surface area contributed by atoms with Gasteiger partial charge in [-0.3, -0.25) is 0 Å². The number of aliphatic hydroxyl groups excluding tert-OH is 1. The number of aliphatic hydroxyl groups is 1. The molecule has 1 aliphatic heterocycles. The summed E-state index contributed by atoms with van der Waals surface area (Å²) in [5, 5.41) is 9.67. The number of benzene rings is 1. The Hall–Kier alpha value is -3.03. The summed E-state index contributed by atoms with van der Waals surface area (Å²) in [7, 11) is 2.69. The second-order valence-corrected chi connectivity index (χ2v) is 8.29. The molecule has 7 heteroatoms. The van der Waals surface area contributed by atoms with Gasteiger partial charge in [-0.25, -0.2) is 4.79 Å². The first-order valence-electron chi connectivity index (χ1n) is 10.7. The van der Waals surface area contributed by atoms with Crippen LogP contribution in [0.3, 0.4) is 0 Å². The van der Waals surface area contributed by atoms with Gasteiger partial charge in [0, 0.05) is 0 Å². The monoisotopic (exact) mass is 458 g/mol. The van der Waals surface area contributed by atoms with Crippen LogP contribution in [0.2, 0.25) is 0 Å². The number of hydrogen-bond donors (Lipinski definition) is 1. The van der Waals surface area contributed by atoms with Gasteiger partial charge in [-0.15, -0.1) is 0 Å². The summed E-state index contributed by atoms with van der Waals surface area (Å²) in [6.45, 7) is 8.55. The van der Waals surface area contributed by atoms with Crippen molar-refractivity contribution in [3.8, 4) is 11.5 Å². The van der Waals surface area contributed by atoms with Crippen molar-refractivity contribution in [2.24, 2.45) is 0 Å². The van der Waals surface area contributed by atoms with Crippen molar-refractivity contribution >= 4 is 12.0 Å². The van der Waals surface area contributed by atoms with Crippen LogP contribution in [0.25, 0.3) is 6.08 Å². The highest BCUT2D eigenvalue weighted by Crippen LogP contribution is 2.36. The molecule has 0 spiro atoms. The lowest BCUT2D eigenvalue weighted by atomic mass is 10.0. The van der Waals surface area contributed by atoms with Gasteiger partial charge in [-0.2, -0.15) is 0 Å². The minimum absolute atomic E-state index is 0.145. The average Bonchev–Trinajstić information content (AvgIpc) is 2.89. The summed E-state index contributed by atoms with van der Waals surface area (Å²) < 4.78 is 27.9. The largest absolute Gasteiger partial charge is 0.503 e. The van der Waals surface area contributed by atoms with E-state index in [0.29, 0.717) is 30.3 Å². The Labute approximate surface area is 195 Å². The fraction of sp³-hybridized carbons (Fsp3) is 0.423. The van der Waals surface area contributed by atoms with Gasteiger partial charge in [0.15, 0.2) is 11.5 Å². The van der Waals surface area contributed by atoms with Crippen molar-refractivity contribution in [1.29, 1.82) is 0 Å². The molecule has 0 aromatic heterocycles. The molecule has 1 heterocycles. The first-order chi connectivity index (χ1) is 15.7. The van der Waals surface area contributed by atoms with Crippen molar-refractivity contribution in [3.63, 3.8) is 0 Å². The zero-order chi connectivity index (χ0) is 24.4. The minimum atomic E-state index is -0.593. The van der Waals surface area contributed by atoms with E-state index < -0.39 is 11.6 Å². The maximum atomic E-state index is 11.9.